The molecule has 45 heavy (non-hydrogen) atoms. The lowest BCUT2D eigenvalue weighted by Crippen LogP contribution is -2.65. The quantitative estimate of drug-likeness (QED) is 0.103. The van der Waals surface area contributed by atoms with Crippen LogP contribution in [0.5, 0.6) is 0 Å². The molecule has 20 atom stereocenters. The van der Waals surface area contributed by atoms with Crippen molar-refractivity contribution in [3.05, 3.63) is 0 Å². The van der Waals surface area contributed by atoms with E-state index in [1.54, 1.807) is 0 Å². The Kier molecular flexibility index (Phi) is 12.8. The van der Waals surface area contributed by atoms with Crippen LogP contribution in [0, 0.1) is 0 Å². The topological polar surface area (TPSA) is 348 Å². The van der Waals surface area contributed by atoms with Gasteiger partial charge < -0.3 is 105 Å². The Morgan fingerprint density at radius 1 is 0.378 bits per heavy atom. The highest BCUT2D eigenvalue weighted by Gasteiger charge is 2.52. The van der Waals surface area contributed by atoms with Crippen LogP contribution in [0.3, 0.4) is 0 Å². The van der Waals surface area contributed by atoms with Crippen LogP contribution in [0.15, 0.2) is 0 Å². The molecule has 14 N–H and O–H groups in total. The number of ether oxygens (including phenoxy) is 7. The predicted molar refractivity (Wildman–Crippen MR) is 134 cm³/mol. The molecule has 4 fully saturated rings. The Balaban J connectivity index is 1.43. The van der Waals surface area contributed by atoms with Gasteiger partial charge in [0.1, 0.15) is 97.7 Å². The smallest absolute Gasteiger partial charge is 0.187 e. The van der Waals surface area contributed by atoms with Gasteiger partial charge in [0.2, 0.25) is 0 Å². The summed E-state index contributed by atoms with van der Waals surface area (Å²) >= 11 is 0. The van der Waals surface area contributed by atoms with Gasteiger partial charge in [-0.15, -0.1) is 0 Å². The fourth-order valence-corrected chi connectivity index (χ4v) is 5.31. The lowest BCUT2D eigenvalue weighted by Gasteiger charge is -2.46. The van der Waals surface area contributed by atoms with Crippen molar-refractivity contribution in [2.24, 2.45) is 0 Å². The van der Waals surface area contributed by atoms with E-state index in [9.17, 15) is 71.5 Å². The van der Waals surface area contributed by atoms with Crippen molar-refractivity contribution >= 4 is 0 Å². The van der Waals surface area contributed by atoms with E-state index in [1.165, 1.54) is 0 Å². The maximum absolute atomic E-state index is 10.7. The Hall–Kier alpha value is -0.840. The van der Waals surface area contributed by atoms with E-state index in [0.29, 0.717) is 0 Å². The number of aliphatic hydroxyl groups is 14. The molecule has 0 aliphatic carbocycles. The van der Waals surface area contributed by atoms with E-state index in [-0.39, 0.29) is 0 Å². The van der Waals surface area contributed by atoms with E-state index < -0.39 is 149 Å². The summed E-state index contributed by atoms with van der Waals surface area (Å²) in [6.45, 7) is -2.98. The van der Waals surface area contributed by atoms with Crippen LogP contribution in [-0.4, -0.2) is 221 Å². The molecule has 0 aromatic rings. The van der Waals surface area contributed by atoms with Crippen LogP contribution < -0.4 is 0 Å². The van der Waals surface area contributed by atoms with Crippen molar-refractivity contribution in [1.29, 1.82) is 0 Å². The SMILES string of the molecule is OC[C@H]1O[C@H](O[C@H]2[C@@H](OC[C@H]3O[C@H](OC[C@H]4O[C@@H](O)[C@H](O)[C@@H](O)[C@@H]4O)[C@H](O)[C@@H](O)[C@@H]3O)O[C@H](CO)[C@@H](O)[C@@H]2O)[C@H](O)[C@@H](O)[C@@H]1O. The normalized spacial score (nSPS) is 52.9. The molecular weight excluding hydrogens is 624 g/mol. The molecule has 21 heteroatoms. The molecule has 0 spiro atoms. The Morgan fingerprint density at radius 3 is 1.33 bits per heavy atom. The van der Waals surface area contributed by atoms with Crippen molar-refractivity contribution in [1.82, 2.24) is 0 Å². The first kappa shape index (κ1) is 37.0. The van der Waals surface area contributed by atoms with E-state index in [1.807, 2.05) is 0 Å². The highest BCUT2D eigenvalue weighted by molar-refractivity contribution is 4.95. The molecular formula is C24H42O21. The molecule has 0 saturated carbocycles. The summed E-state index contributed by atoms with van der Waals surface area (Å²) in [7, 11) is 0. The number of hydrogen-bond acceptors (Lipinski definition) is 21. The van der Waals surface area contributed by atoms with Gasteiger partial charge in [-0.25, -0.2) is 0 Å². The Bertz CT molecular complexity index is 916. The van der Waals surface area contributed by atoms with E-state index in [4.69, 9.17) is 33.2 Å². The van der Waals surface area contributed by atoms with Crippen LogP contribution in [0.1, 0.15) is 0 Å². The van der Waals surface area contributed by atoms with Gasteiger partial charge in [-0.1, -0.05) is 0 Å². The molecule has 0 aromatic carbocycles. The van der Waals surface area contributed by atoms with Gasteiger partial charge in [-0.05, 0) is 0 Å². The first-order valence-corrected chi connectivity index (χ1v) is 14.1. The zero-order valence-corrected chi connectivity index (χ0v) is 23.5. The van der Waals surface area contributed by atoms with Gasteiger partial charge in [-0.3, -0.25) is 0 Å². The second kappa shape index (κ2) is 15.6. The first-order chi connectivity index (χ1) is 21.2. The van der Waals surface area contributed by atoms with Crippen LogP contribution in [0.25, 0.3) is 0 Å². The molecule has 0 amide bonds. The van der Waals surface area contributed by atoms with Crippen LogP contribution in [0.2, 0.25) is 0 Å². The average molecular weight is 667 g/mol. The van der Waals surface area contributed by atoms with Crippen molar-refractivity contribution < 1.29 is 105 Å². The van der Waals surface area contributed by atoms with Gasteiger partial charge in [-0.2, -0.15) is 0 Å². The maximum atomic E-state index is 10.7. The summed E-state index contributed by atoms with van der Waals surface area (Å²) < 4.78 is 37.7. The first-order valence-electron chi connectivity index (χ1n) is 14.1. The summed E-state index contributed by atoms with van der Waals surface area (Å²) in [5.74, 6) is 0. The monoisotopic (exact) mass is 666 g/mol. The third-order valence-electron chi connectivity index (χ3n) is 8.17. The van der Waals surface area contributed by atoms with E-state index >= 15 is 0 Å². The minimum absolute atomic E-state index is 0.650. The highest BCUT2D eigenvalue weighted by atomic mass is 16.8. The maximum Gasteiger partial charge on any atom is 0.187 e. The predicted octanol–water partition coefficient (Wildman–Crippen LogP) is -9.75. The van der Waals surface area contributed by atoms with E-state index in [2.05, 4.69) is 0 Å². The lowest BCUT2D eigenvalue weighted by molar-refractivity contribution is -0.373. The Labute approximate surface area is 254 Å². The molecule has 4 saturated heterocycles. The fourth-order valence-electron chi connectivity index (χ4n) is 5.31. The molecule has 0 unspecified atom stereocenters. The van der Waals surface area contributed by atoms with Gasteiger partial charge >= 0.3 is 0 Å². The molecule has 0 bridgehead atoms. The number of aliphatic hydroxyl groups excluding tert-OH is 14. The van der Waals surface area contributed by atoms with Crippen molar-refractivity contribution in [3.8, 4) is 0 Å². The zero-order chi connectivity index (χ0) is 33.3. The molecule has 4 aliphatic rings. The third kappa shape index (κ3) is 7.75. The summed E-state index contributed by atoms with van der Waals surface area (Å²) in [5.41, 5.74) is 0. The van der Waals surface area contributed by atoms with Crippen molar-refractivity contribution in [2.45, 2.75) is 123 Å². The van der Waals surface area contributed by atoms with Gasteiger partial charge in [0, 0.05) is 0 Å². The summed E-state index contributed by atoms with van der Waals surface area (Å²) in [6.07, 6.45) is -34.8. The largest absolute Gasteiger partial charge is 0.394 e. The minimum Gasteiger partial charge on any atom is -0.394 e. The average Bonchev–Trinajstić information content (AvgIpc) is 3.03. The molecule has 4 rings (SSSR count). The summed E-state index contributed by atoms with van der Waals surface area (Å²) in [5, 5.41) is 141. The number of rotatable bonds is 10. The molecule has 4 aliphatic heterocycles. The summed E-state index contributed by atoms with van der Waals surface area (Å²) in [6, 6.07) is 0. The summed E-state index contributed by atoms with van der Waals surface area (Å²) in [4.78, 5) is 0. The van der Waals surface area contributed by atoms with Crippen molar-refractivity contribution in [2.75, 3.05) is 26.4 Å². The lowest BCUT2D eigenvalue weighted by atomic mass is 9.97. The van der Waals surface area contributed by atoms with Gasteiger partial charge in [0.15, 0.2) is 25.2 Å². The fraction of sp³-hybridized carbons (Fsp3) is 1.00. The van der Waals surface area contributed by atoms with Crippen LogP contribution in [-0.2, 0) is 33.2 Å². The van der Waals surface area contributed by atoms with Gasteiger partial charge in [0.25, 0.3) is 0 Å². The standard InChI is InChI=1S/C24H42O21/c25-1-5-9(27)14(32)19(37)23(42-5)45-20-16(34)10(28)6(2-26)43-24(20)40-4-8-12(30)15(33)18(36)22(44-8)39-3-7-11(29)13(31)17(35)21(38)41-7/h5-38H,1-4H2/t5-,6-,7-,8-,9-,10-,11-,12-,13+,14+,15+,16+,17-,18-,19-,20-,21-,22+,23-,24+/m1/s1. The third-order valence-corrected chi connectivity index (χ3v) is 8.17. The number of hydrogen-bond donors (Lipinski definition) is 14. The van der Waals surface area contributed by atoms with Crippen LogP contribution >= 0.6 is 0 Å². The molecule has 0 radical (unpaired) electrons. The molecule has 0 aromatic heterocycles. The second-order valence-electron chi connectivity index (χ2n) is 11.2. The second-order valence-corrected chi connectivity index (χ2v) is 11.2. The molecule has 21 nitrogen and oxygen atoms in total. The van der Waals surface area contributed by atoms with Gasteiger partial charge in [0.05, 0.1) is 26.4 Å². The highest BCUT2D eigenvalue weighted by Crippen LogP contribution is 2.31. The molecule has 4 heterocycles. The van der Waals surface area contributed by atoms with Crippen molar-refractivity contribution in [3.63, 3.8) is 0 Å². The minimum atomic E-state index is -1.92. The molecule has 264 valence electrons. The Morgan fingerprint density at radius 2 is 0.778 bits per heavy atom. The van der Waals surface area contributed by atoms with E-state index in [0.717, 1.165) is 0 Å². The van der Waals surface area contributed by atoms with Crippen LogP contribution in [0.4, 0.5) is 0 Å². The zero-order valence-electron chi connectivity index (χ0n) is 23.5.